The summed E-state index contributed by atoms with van der Waals surface area (Å²) in [6.45, 7) is 15.5. The molecule has 0 amide bonds. The molecule has 3 atom stereocenters. The monoisotopic (exact) mass is 268 g/mol. The first kappa shape index (κ1) is 17.0. The predicted octanol–water partition coefficient (Wildman–Crippen LogP) is 3.91. The van der Waals surface area contributed by atoms with Gasteiger partial charge in [-0.3, -0.25) is 4.90 Å². The Bertz CT molecular complexity index is 227. The minimum atomic E-state index is 0.687. The molecule has 1 aliphatic rings. The van der Waals surface area contributed by atoms with Crippen molar-refractivity contribution < 1.29 is 0 Å². The lowest BCUT2D eigenvalue weighted by atomic mass is 9.91. The summed E-state index contributed by atoms with van der Waals surface area (Å²) >= 11 is 0. The van der Waals surface area contributed by atoms with Crippen molar-refractivity contribution >= 4 is 0 Å². The zero-order valence-corrected chi connectivity index (χ0v) is 13.9. The van der Waals surface area contributed by atoms with Crippen LogP contribution >= 0.6 is 0 Å². The summed E-state index contributed by atoms with van der Waals surface area (Å²) in [7, 11) is 0. The number of unbranched alkanes of at least 4 members (excludes halogenated alkanes) is 3. The highest BCUT2D eigenvalue weighted by Crippen LogP contribution is 2.21. The van der Waals surface area contributed by atoms with Crippen molar-refractivity contribution in [2.45, 2.75) is 78.8 Å². The molecule has 2 nitrogen and oxygen atoms in total. The number of piperazine rings is 1. The topological polar surface area (TPSA) is 15.3 Å². The first-order chi connectivity index (χ1) is 9.10. The third kappa shape index (κ3) is 5.43. The van der Waals surface area contributed by atoms with Crippen molar-refractivity contribution in [3.63, 3.8) is 0 Å². The molecule has 1 aliphatic heterocycles. The van der Waals surface area contributed by atoms with E-state index in [0.29, 0.717) is 6.04 Å². The molecule has 1 saturated heterocycles. The van der Waals surface area contributed by atoms with Crippen LogP contribution in [0.1, 0.15) is 66.7 Å². The lowest BCUT2D eigenvalue weighted by Crippen LogP contribution is -2.60. The molecule has 0 bridgehead atoms. The van der Waals surface area contributed by atoms with Crippen LogP contribution in [0.25, 0.3) is 0 Å². The van der Waals surface area contributed by atoms with Gasteiger partial charge in [-0.05, 0) is 24.8 Å². The molecule has 2 heteroatoms. The largest absolute Gasteiger partial charge is 0.311 e. The first-order valence-corrected chi connectivity index (χ1v) is 8.57. The minimum Gasteiger partial charge on any atom is -0.311 e. The molecule has 114 valence electrons. The van der Waals surface area contributed by atoms with Crippen LogP contribution in [0, 0.1) is 11.8 Å². The quantitative estimate of drug-likeness (QED) is 0.671. The molecule has 0 saturated carbocycles. The summed E-state index contributed by atoms with van der Waals surface area (Å²) in [5.41, 5.74) is 0. The van der Waals surface area contributed by atoms with Gasteiger partial charge in [0.05, 0.1) is 0 Å². The average molecular weight is 268 g/mol. The Balaban J connectivity index is 2.50. The van der Waals surface area contributed by atoms with Crippen LogP contribution in [0.5, 0.6) is 0 Å². The summed E-state index contributed by atoms with van der Waals surface area (Å²) in [6.07, 6.45) is 6.81. The van der Waals surface area contributed by atoms with E-state index in [-0.39, 0.29) is 0 Å². The molecular weight excluding hydrogens is 232 g/mol. The van der Waals surface area contributed by atoms with Gasteiger partial charge >= 0.3 is 0 Å². The minimum absolute atomic E-state index is 0.687. The van der Waals surface area contributed by atoms with Crippen LogP contribution < -0.4 is 5.32 Å². The Morgan fingerprint density at radius 3 is 2.42 bits per heavy atom. The second kappa shape index (κ2) is 8.97. The zero-order chi connectivity index (χ0) is 14.3. The lowest BCUT2D eigenvalue weighted by molar-refractivity contribution is 0.0773. The van der Waals surface area contributed by atoms with Crippen LogP contribution in [0.3, 0.4) is 0 Å². The van der Waals surface area contributed by atoms with E-state index in [1.54, 1.807) is 0 Å². The van der Waals surface area contributed by atoms with Crippen LogP contribution in [-0.2, 0) is 0 Å². The number of hydrogen-bond donors (Lipinski definition) is 1. The molecule has 0 spiro atoms. The van der Waals surface area contributed by atoms with E-state index < -0.39 is 0 Å². The molecule has 0 radical (unpaired) electrons. The van der Waals surface area contributed by atoms with Gasteiger partial charge in [0.2, 0.25) is 0 Å². The van der Waals surface area contributed by atoms with Crippen molar-refractivity contribution in [2.24, 2.45) is 11.8 Å². The van der Waals surface area contributed by atoms with Crippen LogP contribution in [0.2, 0.25) is 0 Å². The molecule has 1 fully saturated rings. The number of rotatable bonds is 8. The van der Waals surface area contributed by atoms with E-state index in [1.807, 2.05) is 0 Å². The summed E-state index contributed by atoms with van der Waals surface area (Å²) < 4.78 is 0. The highest BCUT2D eigenvalue weighted by Gasteiger charge is 2.31. The van der Waals surface area contributed by atoms with Gasteiger partial charge in [-0.2, -0.15) is 0 Å². The molecule has 0 aromatic heterocycles. The Morgan fingerprint density at radius 1 is 1.11 bits per heavy atom. The van der Waals surface area contributed by atoms with Crippen LogP contribution in [0.15, 0.2) is 0 Å². The second-order valence-electron chi connectivity index (χ2n) is 6.77. The third-order valence-corrected chi connectivity index (χ3v) is 4.89. The fourth-order valence-corrected chi connectivity index (χ4v) is 3.13. The maximum absolute atomic E-state index is 3.77. The van der Waals surface area contributed by atoms with Gasteiger partial charge in [-0.1, -0.05) is 60.3 Å². The summed E-state index contributed by atoms with van der Waals surface area (Å²) in [6, 6.07) is 1.44. The lowest BCUT2D eigenvalue weighted by Gasteiger charge is -2.44. The highest BCUT2D eigenvalue weighted by molar-refractivity contribution is 4.89. The molecule has 0 aromatic carbocycles. The Kier molecular flexibility index (Phi) is 8.01. The molecule has 1 N–H and O–H groups in total. The van der Waals surface area contributed by atoms with Crippen molar-refractivity contribution in [3.05, 3.63) is 0 Å². The molecule has 19 heavy (non-hydrogen) atoms. The third-order valence-electron chi connectivity index (χ3n) is 4.89. The van der Waals surface area contributed by atoms with Gasteiger partial charge in [0.25, 0.3) is 0 Å². The van der Waals surface area contributed by atoms with Crippen molar-refractivity contribution in [2.75, 3.05) is 19.6 Å². The molecule has 3 unspecified atom stereocenters. The van der Waals surface area contributed by atoms with E-state index in [0.717, 1.165) is 17.9 Å². The number of nitrogens with one attached hydrogen (secondary N) is 1. The van der Waals surface area contributed by atoms with E-state index in [4.69, 9.17) is 0 Å². The summed E-state index contributed by atoms with van der Waals surface area (Å²) in [5.74, 6) is 1.56. The standard InChI is InChI=1S/C17H36N2/c1-6-8-9-10-11-19-13-16(14(3)4)18-12-17(19)15(5)7-2/h14-18H,6-13H2,1-5H3. The smallest absolute Gasteiger partial charge is 0.0246 e. The molecular formula is C17H36N2. The predicted molar refractivity (Wildman–Crippen MR) is 85.6 cm³/mol. The molecule has 1 heterocycles. The van der Waals surface area contributed by atoms with Gasteiger partial charge in [0.15, 0.2) is 0 Å². The Morgan fingerprint density at radius 2 is 1.84 bits per heavy atom. The van der Waals surface area contributed by atoms with E-state index in [2.05, 4.69) is 44.8 Å². The van der Waals surface area contributed by atoms with Crippen molar-refractivity contribution in [1.29, 1.82) is 0 Å². The summed E-state index contributed by atoms with van der Waals surface area (Å²) in [5, 5.41) is 3.77. The van der Waals surface area contributed by atoms with Gasteiger partial charge in [0, 0.05) is 25.2 Å². The van der Waals surface area contributed by atoms with Gasteiger partial charge in [-0.25, -0.2) is 0 Å². The molecule has 1 rings (SSSR count). The average Bonchev–Trinajstić information content (AvgIpc) is 2.42. The first-order valence-electron chi connectivity index (χ1n) is 8.57. The molecule has 0 aliphatic carbocycles. The van der Waals surface area contributed by atoms with Crippen LogP contribution in [0.4, 0.5) is 0 Å². The highest BCUT2D eigenvalue weighted by atomic mass is 15.2. The SMILES string of the molecule is CCCCCCN1CC(C(C)C)NCC1C(C)CC. The normalized spacial score (nSPS) is 26.8. The van der Waals surface area contributed by atoms with Crippen molar-refractivity contribution in [3.8, 4) is 0 Å². The maximum Gasteiger partial charge on any atom is 0.0246 e. The fraction of sp³-hybridized carbons (Fsp3) is 1.00. The number of nitrogens with zero attached hydrogens (tertiary/aromatic N) is 1. The molecule has 0 aromatic rings. The zero-order valence-electron chi connectivity index (χ0n) is 13.9. The van der Waals surface area contributed by atoms with E-state index in [9.17, 15) is 0 Å². The Labute approximate surface area is 121 Å². The maximum atomic E-state index is 3.77. The van der Waals surface area contributed by atoms with Gasteiger partial charge in [-0.15, -0.1) is 0 Å². The van der Waals surface area contributed by atoms with Gasteiger partial charge in [0.1, 0.15) is 0 Å². The Hall–Kier alpha value is -0.0800. The van der Waals surface area contributed by atoms with Crippen LogP contribution in [-0.4, -0.2) is 36.6 Å². The van der Waals surface area contributed by atoms with E-state index >= 15 is 0 Å². The van der Waals surface area contributed by atoms with Crippen molar-refractivity contribution in [1.82, 2.24) is 10.2 Å². The fourth-order valence-electron chi connectivity index (χ4n) is 3.13. The van der Waals surface area contributed by atoms with Gasteiger partial charge < -0.3 is 5.32 Å². The second-order valence-corrected chi connectivity index (χ2v) is 6.77. The van der Waals surface area contributed by atoms with E-state index in [1.165, 1.54) is 51.7 Å². The number of hydrogen-bond acceptors (Lipinski definition) is 2. The summed E-state index contributed by atoms with van der Waals surface area (Å²) in [4.78, 5) is 2.78.